The van der Waals surface area contributed by atoms with Crippen LogP contribution in [0.5, 0.6) is 11.5 Å². The average molecular weight is 534 g/mol. The van der Waals surface area contributed by atoms with Crippen molar-refractivity contribution in [1.82, 2.24) is 20.1 Å². The first-order chi connectivity index (χ1) is 17.7. The zero-order valence-corrected chi connectivity index (χ0v) is 20.6. The van der Waals surface area contributed by atoms with Crippen LogP contribution in [-0.2, 0) is 6.54 Å². The number of aromatic nitrogens is 3. The summed E-state index contributed by atoms with van der Waals surface area (Å²) >= 11 is 6.01. The summed E-state index contributed by atoms with van der Waals surface area (Å²) in [6.07, 6.45) is -4.89. The minimum atomic E-state index is -4.57. The largest absolute Gasteiger partial charge is 0.493 e. The zero-order valence-electron chi connectivity index (χ0n) is 19.8. The summed E-state index contributed by atoms with van der Waals surface area (Å²) in [6.45, 7) is 0.137. The topological polar surface area (TPSA) is 93.2 Å². The van der Waals surface area contributed by atoms with Gasteiger partial charge in [0.2, 0.25) is 0 Å². The molecule has 0 saturated carbocycles. The van der Waals surface area contributed by atoms with Gasteiger partial charge in [0, 0.05) is 34.1 Å². The summed E-state index contributed by atoms with van der Waals surface area (Å²) in [4.78, 5) is 16.0. The minimum Gasteiger partial charge on any atom is -0.493 e. The van der Waals surface area contributed by atoms with Crippen LogP contribution in [0, 0.1) is 0 Å². The normalized spacial score (nSPS) is 17.2. The van der Waals surface area contributed by atoms with Crippen molar-refractivity contribution in [3.8, 4) is 11.5 Å². The van der Waals surface area contributed by atoms with Crippen LogP contribution in [0.2, 0.25) is 5.02 Å². The number of alkyl halides is 3. The number of aromatic amines is 1. The van der Waals surface area contributed by atoms with Gasteiger partial charge in [-0.05, 0) is 42.0 Å². The van der Waals surface area contributed by atoms with E-state index in [-0.39, 0.29) is 24.5 Å². The number of amides is 1. The van der Waals surface area contributed by atoms with Gasteiger partial charge in [-0.25, -0.2) is 4.68 Å². The summed E-state index contributed by atoms with van der Waals surface area (Å²) in [7, 11) is 2.94. The average Bonchev–Trinajstić information content (AvgIpc) is 3.49. The molecule has 1 aliphatic heterocycles. The standard InChI is InChI=1S/C25H23ClF3N5O3/c1-36-20-6-3-13(9-21(20)37-2)18-10-22(25(27,28)29)34-23(32-18)11-19(33-34)24(35)30-12-16-8-14-7-15(26)4-5-17(14)31-16/h3-9,11,18,22,31-32H,10,12H2,1-2H3,(H,30,35)/t18-,22-/m0/s1. The van der Waals surface area contributed by atoms with E-state index in [0.717, 1.165) is 21.3 Å². The third kappa shape index (κ3) is 4.91. The Morgan fingerprint density at radius 2 is 1.92 bits per heavy atom. The van der Waals surface area contributed by atoms with Crippen LogP contribution >= 0.6 is 11.6 Å². The summed E-state index contributed by atoms with van der Waals surface area (Å²) in [5, 5.41) is 11.3. The van der Waals surface area contributed by atoms with Crippen molar-refractivity contribution in [2.24, 2.45) is 0 Å². The SMILES string of the molecule is COc1ccc([C@@H]2C[C@@H](C(F)(F)F)n3nc(C(=O)NCc4cc5cc(Cl)ccc5[nH]4)cc3N2)cc1OC. The number of methoxy groups -OCH3 is 2. The first kappa shape index (κ1) is 24.8. The lowest BCUT2D eigenvalue weighted by molar-refractivity contribution is -0.173. The lowest BCUT2D eigenvalue weighted by Crippen LogP contribution is -2.35. The molecule has 0 aliphatic carbocycles. The number of ether oxygens (including phenoxy) is 2. The van der Waals surface area contributed by atoms with Gasteiger partial charge in [-0.3, -0.25) is 4.79 Å². The highest BCUT2D eigenvalue weighted by molar-refractivity contribution is 6.31. The van der Waals surface area contributed by atoms with E-state index in [1.54, 1.807) is 30.3 Å². The van der Waals surface area contributed by atoms with E-state index < -0.39 is 24.2 Å². The fraction of sp³-hybridized carbons (Fsp3) is 0.280. The van der Waals surface area contributed by atoms with E-state index in [9.17, 15) is 18.0 Å². The van der Waals surface area contributed by atoms with Crippen LogP contribution in [0.15, 0.2) is 48.5 Å². The number of fused-ring (bicyclic) bond motifs is 2. The van der Waals surface area contributed by atoms with Crippen LogP contribution in [0.4, 0.5) is 19.0 Å². The highest BCUT2D eigenvalue weighted by Crippen LogP contribution is 2.44. The van der Waals surface area contributed by atoms with E-state index in [1.807, 2.05) is 12.1 Å². The molecule has 2 atom stereocenters. The van der Waals surface area contributed by atoms with Crippen LogP contribution in [0.3, 0.4) is 0 Å². The molecule has 3 N–H and O–H groups in total. The molecule has 0 fully saturated rings. The first-order valence-corrected chi connectivity index (χ1v) is 11.7. The highest BCUT2D eigenvalue weighted by atomic mass is 35.5. The van der Waals surface area contributed by atoms with Crippen molar-refractivity contribution >= 4 is 34.2 Å². The number of hydrogen-bond acceptors (Lipinski definition) is 5. The molecule has 0 unspecified atom stereocenters. The van der Waals surface area contributed by atoms with Gasteiger partial charge in [-0.2, -0.15) is 18.3 Å². The number of rotatable bonds is 6. The number of nitrogens with zero attached hydrogens (tertiary/aromatic N) is 2. The lowest BCUT2D eigenvalue weighted by atomic mass is 9.96. The maximum absolute atomic E-state index is 14.0. The van der Waals surface area contributed by atoms with Crippen molar-refractivity contribution in [2.45, 2.75) is 31.2 Å². The van der Waals surface area contributed by atoms with Crippen molar-refractivity contribution in [2.75, 3.05) is 19.5 Å². The molecule has 3 heterocycles. The second-order valence-electron chi connectivity index (χ2n) is 8.67. The fourth-order valence-corrected chi connectivity index (χ4v) is 4.68. The number of carbonyl (C=O) groups is 1. The molecule has 1 amide bonds. The number of anilines is 1. The van der Waals surface area contributed by atoms with E-state index >= 15 is 0 Å². The Morgan fingerprint density at radius 3 is 2.65 bits per heavy atom. The summed E-state index contributed by atoms with van der Waals surface area (Å²) in [5.41, 5.74) is 2.03. The molecule has 194 valence electrons. The van der Waals surface area contributed by atoms with E-state index in [2.05, 4.69) is 20.7 Å². The minimum absolute atomic E-state index is 0.0961. The van der Waals surface area contributed by atoms with Gasteiger partial charge in [0.15, 0.2) is 23.2 Å². The Bertz CT molecular complexity index is 1470. The molecule has 0 radical (unpaired) electrons. The van der Waals surface area contributed by atoms with Gasteiger partial charge in [0.1, 0.15) is 5.82 Å². The highest BCUT2D eigenvalue weighted by Gasteiger charge is 2.47. The van der Waals surface area contributed by atoms with Gasteiger partial charge >= 0.3 is 6.18 Å². The fourth-order valence-electron chi connectivity index (χ4n) is 4.50. The van der Waals surface area contributed by atoms with Crippen LogP contribution < -0.4 is 20.1 Å². The van der Waals surface area contributed by atoms with Gasteiger partial charge in [0.05, 0.1) is 26.8 Å². The van der Waals surface area contributed by atoms with Crippen molar-refractivity contribution in [1.29, 1.82) is 0 Å². The van der Waals surface area contributed by atoms with Crippen molar-refractivity contribution in [3.05, 3.63) is 70.5 Å². The van der Waals surface area contributed by atoms with Crippen molar-refractivity contribution in [3.63, 3.8) is 0 Å². The Morgan fingerprint density at radius 1 is 1.14 bits per heavy atom. The number of halogens is 4. The molecule has 4 aromatic rings. The third-order valence-electron chi connectivity index (χ3n) is 6.31. The lowest BCUT2D eigenvalue weighted by Gasteiger charge is -2.33. The number of H-pyrrole nitrogens is 1. The second-order valence-corrected chi connectivity index (χ2v) is 9.11. The molecular weight excluding hydrogens is 511 g/mol. The molecule has 8 nitrogen and oxygen atoms in total. The Balaban J connectivity index is 1.37. The van der Waals surface area contributed by atoms with E-state index in [1.165, 1.54) is 20.3 Å². The predicted molar refractivity (Wildman–Crippen MR) is 132 cm³/mol. The summed E-state index contributed by atoms with van der Waals surface area (Å²) in [5.74, 6) is 0.378. The Kier molecular flexibility index (Phi) is 6.40. The van der Waals surface area contributed by atoms with Crippen LogP contribution in [-0.4, -0.2) is 41.1 Å². The summed E-state index contributed by atoms with van der Waals surface area (Å²) < 4.78 is 53.5. The third-order valence-corrected chi connectivity index (χ3v) is 6.55. The number of benzene rings is 2. The number of carbonyl (C=O) groups excluding carboxylic acids is 1. The molecule has 0 saturated heterocycles. The quantitative estimate of drug-likeness (QED) is 0.299. The second kappa shape index (κ2) is 9.55. The number of nitrogens with one attached hydrogen (secondary N) is 3. The maximum atomic E-state index is 14.0. The van der Waals surface area contributed by atoms with E-state index in [4.69, 9.17) is 21.1 Å². The van der Waals surface area contributed by atoms with Gasteiger partial charge < -0.3 is 25.1 Å². The molecule has 12 heteroatoms. The van der Waals surface area contributed by atoms with E-state index in [0.29, 0.717) is 22.1 Å². The maximum Gasteiger partial charge on any atom is 0.410 e. The predicted octanol–water partition coefficient (Wildman–Crippen LogP) is 5.63. The smallest absolute Gasteiger partial charge is 0.410 e. The molecule has 37 heavy (non-hydrogen) atoms. The van der Waals surface area contributed by atoms with Crippen molar-refractivity contribution < 1.29 is 27.4 Å². The molecule has 1 aliphatic rings. The van der Waals surface area contributed by atoms with Crippen LogP contribution in [0.1, 0.15) is 40.3 Å². The Labute approximate surface area is 214 Å². The first-order valence-electron chi connectivity index (χ1n) is 11.4. The molecule has 2 aromatic carbocycles. The molecule has 2 aromatic heterocycles. The number of hydrogen-bond donors (Lipinski definition) is 3. The molecule has 0 bridgehead atoms. The monoisotopic (exact) mass is 533 g/mol. The molecule has 0 spiro atoms. The zero-order chi connectivity index (χ0) is 26.3. The van der Waals surface area contributed by atoms with Gasteiger partial charge in [0.25, 0.3) is 5.91 Å². The Hall–Kier alpha value is -3.86. The van der Waals surface area contributed by atoms with Crippen LogP contribution in [0.25, 0.3) is 10.9 Å². The summed E-state index contributed by atoms with van der Waals surface area (Å²) in [6, 6.07) is 10.9. The van der Waals surface area contributed by atoms with Gasteiger partial charge in [-0.1, -0.05) is 17.7 Å². The molecule has 5 rings (SSSR count). The molecular formula is C25H23ClF3N5O3. The van der Waals surface area contributed by atoms with Gasteiger partial charge in [-0.15, -0.1) is 0 Å².